The third-order valence-electron chi connectivity index (χ3n) is 4.22. The first-order chi connectivity index (χ1) is 7.11. The summed E-state index contributed by atoms with van der Waals surface area (Å²) in [7, 11) is 1.69. The van der Waals surface area contributed by atoms with Crippen molar-refractivity contribution in [3.8, 4) is 0 Å². The lowest BCUT2D eigenvalue weighted by atomic mass is 9.51. The van der Waals surface area contributed by atoms with Gasteiger partial charge in [-0.3, -0.25) is 4.68 Å². The van der Waals surface area contributed by atoms with Gasteiger partial charge in [0.15, 0.2) is 11.6 Å². The van der Waals surface area contributed by atoms with Crippen molar-refractivity contribution in [2.24, 2.45) is 12.5 Å². The number of nitrogens with zero attached hydrogens (tertiary/aromatic N) is 2. The monoisotopic (exact) mass is 209 g/mol. The highest BCUT2D eigenvalue weighted by Crippen LogP contribution is 2.61. The molecule has 3 nitrogen and oxygen atoms in total. The maximum atomic E-state index is 13.7. The molecule has 0 radical (unpaired) electrons. The summed E-state index contributed by atoms with van der Waals surface area (Å²) < 4.78 is 15.1. The third-order valence-corrected chi connectivity index (χ3v) is 4.22. The maximum absolute atomic E-state index is 13.7. The molecule has 15 heavy (non-hydrogen) atoms. The van der Waals surface area contributed by atoms with E-state index in [4.69, 9.17) is 5.73 Å². The minimum atomic E-state index is -0.295. The van der Waals surface area contributed by atoms with Crippen LogP contribution >= 0.6 is 0 Å². The molecule has 0 saturated heterocycles. The van der Waals surface area contributed by atoms with Gasteiger partial charge in [-0.2, -0.15) is 5.10 Å². The van der Waals surface area contributed by atoms with E-state index < -0.39 is 0 Å². The van der Waals surface area contributed by atoms with E-state index in [-0.39, 0.29) is 11.6 Å². The van der Waals surface area contributed by atoms with Gasteiger partial charge in [0.05, 0.1) is 0 Å². The van der Waals surface area contributed by atoms with Crippen LogP contribution in [0.5, 0.6) is 0 Å². The van der Waals surface area contributed by atoms with Crippen LogP contribution in [0.4, 0.5) is 10.2 Å². The van der Waals surface area contributed by atoms with Gasteiger partial charge in [-0.25, -0.2) is 4.39 Å². The van der Waals surface area contributed by atoms with E-state index in [9.17, 15) is 4.39 Å². The van der Waals surface area contributed by atoms with E-state index in [1.807, 2.05) is 0 Å². The minimum absolute atomic E-state index is 0.166. The van der Waals surface area contributed by atoms with Gasteiger partial charge in [0.25, 0.3) is 0 Å². The molecule has 0 atom stereocenters. The van der Waals surface area contributed by atoms with E-state index in [2.05, 4.69) is 5.10 Å². The van der Waals surface area contributed by atoms with Crippen molar-refractivity contribution < 1.29 is 4.39 Å². The molecule has 2 aliphatic rings. The zero-order chi connectivity index (χ0) is 10.6. The number of nitrogen functional groups attached to an aromatic ring is 1. The molecule has 0 amide bonds. The predicted octanol–water partition coefficient (Wildman–Crippen LogP) is 2.19. The molecule has 1 aromatic rings. The van der Waals surface area contributed by atoms with E-state index >= 15 is 0 Å². The van der Waals surface area contributed by atoms with Crippen LogP contribution < -0.4 is 5.73 Å². The molecule has 0 aliphatic heterocycles. The van der Waals surface area contributed by atoms with Crippen molar-refractivity contribution in [3.05, 3.63) is 11.5 Å². The lowest BCUT2D eigenvalue weighted by Crippen LogP contribution is -2.41. The van der Waals surface area contributed by atoms with Crippen LogP contribution in [0.3, 0.4) is 0 Å². The van der Waals surface area contributed by atoms with Crippen molar-refractivity contribution in [2.45, 2.75) is 38.0 Å². The maximum Gasteiger partial charge on any atom is 0.188 e. The van der Waals surface area contributed by atoms with E-state index in [0.717, 1.165) is 12.8 Å². The molecule has 2 N–H and O–H groups in total. The summed E-state index contributed by atoms with van der Waals surface area (Å²) in [5.41, 5.74) is 6.71. The standard InChI is InChI=1S/C11H16FN3/c1-15-10(13)8(12)9(14-15)7-5-11(6-7)3-2-4-11/h7H,2-6,13H2,1H3. The van der Waals surface area contributed by atoms with Gasteiger partial charge in [-0.05, 0) is 31.1 Å². The van der Waals surface area contributed by atoms with Gasteiger partial charge in [0.1, 0.15) is 5.69 Å². The van der Waals surface area contributed by atoms with Crippen LogP contribution in [0.2, 0.25) is 0 Å². The smallest absolute Gasteiger partial charge is 0.188 e. The molecular formula is C11H16FN3. The first-order valence-electron chi connectivity index (χ1n) is 5.59. The van der Waals surface area contributed by atoms with Gasteiger partial charge in [-0.1, -0.05) is 6.42 Å². The number of nitrogens with two attached hydrogens (primary N) is 1. The van der Waals surface area contributed by atoms with Gasteiger partial charge in [0.2, 0.25) is 0 Å². The van der Waals surface area contributed by atoms with Crippen LogP contribution in [0.1, 0.15) is 43.7 Å². The van der Waals surface area contributed by atoms with Crippen LogP contribution in [0, 0.1) is 11.2 Å². The van der Waals surface area contributed by atoms with E-state index in [0.29, 0.717) is 17.0 Å². The number of halogens is 1. The lowest BCUT2D eigenvalue weighted by molar-refractivity contribution is 0.00638. The van der Waals surface area contributed by atoms with Gasteiger partial charge in [-0.15, -0.1) is 0 Å². The largest absolute Gasteiger partial charge is 0.381 e. The molecule has 2 saturated carbocycles. The number of hydrogen-bond donors (Lipinski definition) is 1. The van der Waals surface area contributed by atoms with Crippen molar-refractivity contribution in [1.82, 2.24) is 9.78 Å². The first kappa shape index (κ1) is 9.19. The fourth-order valence-electron chi connectivity index (χ4n) is 3.06. The Bertz CT molecular complexity index is 398. The van der Waals surface area contributed by atoms with Gasteiger partial charge < -0.3 is 5.73 Å². The highest BCUT2D eigenvalue weighted by atomic mass is 19.1. The van der Waals surface area contributed by atoms with Gasteiger partial charge >= 0.3 is 0 Å². The van der Waals surface area contributed by atoms with Crippen LogP contribution in [0.25, 0.3) is 0 Å². The number of aromatic nitrogens is 2. The first-order valence-corrected chi connectivity index (χ1v) is 5.59. The Morgan fingerprint density at radius 2 is 2.13 bits per heavy atom. The van der Waals surface area contributed by atoms with E-state index in [1.54, 1.807) is 7.05 Å². The highest BCUT2D eigenvalue weighted by molar-refractivity contribution is 5.36. The summed E-state index contributed by atoms with van der Waals surface area (Å²) in [5, 5.41) is 4.17. The van der Waals surface area contributed by atoms with Crippen LogP contribution in [-0.4, -0.2) is 9.78 Å². The number of hydrogen-bond acceptors (Lipinski definition) is 2. The molecule has 1 heterocycles. The average Bonchev–Trinajstić information content (AvgIpc) is 2.29. The average molecular weight is 209 g/mol. The lowest BCUT2D eigenvalue weighted by Gasteiger charge is -2.53. The molecule has 3 rings (SSSR count). The Kier molecular flexibility index (Phi) is 1.68. The second-order valence-electron chi connectivity index (χ2n) is 5.17. The molecule has 2 fully saturated rings. The zero-order valence-corrected chi connectivity index (χ0v) is 8.96. The van der Waals surface area contributed by atoms with Gasteiger partial charge in [0, 0.05) is 13.0 Å². The Morgan fingerprint density at radius 3 is 2.53 bits per heavy atom. The minimum Gasteiger partial charge on any atom is -0.381 e. The molecule has 4 heteroatoms. The number of rotatable bonds is 1. The fourth-order valence-corrected chi connectivity index (χ4v) is 3.06. The highest BCUT2D eigenvalue weighted by Gasteiger charge is 2.50. The predicted molar refractivity (Wildman–Crippen MR) is 55.8 cm³/mol. The Morgan fingerprint density at radius 1 is 1.47 bits per heavy atom. The SMILES string of the molecule is Cn1nc(C2CC3(CCC3)C2)c(F)c1N. The third kappa shape index (κ3) is 1.13. The Hall–Kier alpha value is -1.06. The fraction of sp³-hybridized carbons (Fsp3) is 0.727. The molecule has 0 bridgehead atoms. The van der Waals surface area contributed by atoms with Crippen molar-refractivity contribution in [3.63, 3.8) is 0 Å². The summed E-state index contributed by atoms with van der Waals surface area (Å²) in [5.74, 6) is 0.185. The summed E-state index contributed by atoms with van der Waals surface area (Å²) in [6, 6.07) is 0. The van der Waals surface area contributed by atoms with Crippen molar-refractivity contribution in [1.29, 1.82) is 0 Å². The molecule has 2 aliphatic carbocycles. The molecule has 1 spiro atoms. The molecule has 1 aromatic heterocycles. The summed E-state index contributed by atoms with van der Waals surface area (Å²) in [4.78, 5) is 0. The van der Waals surface area contributed by atoms with Crippen molar-refractivity contribution in [2.75, 3.05) is 5.73 Å². The summed E-state index contributed by atoms with van der Waals surface area (Å²) in [6.45, 7) is 0. The van der Waals surface area contributed by atoms with Crippen molar-refractivity contribution >= 4 is 5.82 Å². The van der Waals surface area contributed by atoms with Crippen LogP contribution in [0.15, 0.2) is 0 Å². The second-order valence-corrected chi connectivity index (χ2v) is 5.17. The number of aryl methyl sites for hydroxylation is 1. The number of anilines is 1. The zero-order valence-electron chi connectivity index (χ0n) is 8.96. The molecular weight excluding hydrogens is 193 g/mol. The normalized spacial score (nSPS) is 23.9. The summed E-state index contributed by atoms with van der Waals surface area (Å²) in [6.07, 6.45) is 6.22. The second kappa shape index (κ2) is 2.74. The molecule has 82 valence electrons. The van der Waals surface area contributed by atoms with Crippen LogP contribution in [-0.2, 0) is 7.05 Å². The molecule has 0 unspecified atom stereocenters. The Labute approximate surface area is 88.5 Å². The van der Waals surface area contributed by atoms with E-state index in [1.165, 1.54) is 23.9 Å². The Balaban J connectivity index is 1.80. The quantitative estimate of drug-likeness (QED) is 0.770. The summed E-state index contributed by atoms with van der Waals surface area (Å²) >= 11 is 0. The molecule has 0 aromatic carbocycles. The topological polar surface area (TPSA) is 43.8 Å².